The number of hydrogen-bond acceptors (Lipinski definition) is 0. The van der Waals surface area contributed by atoms with E-state index in [9.17, 15) is 0 Å². The number of hydrogen-bond donors (Lipinski definition) is 0. The number of unbranched alkanes of at least 4 members (excludes halogenated alkanes) is 1. The van der Waals surface area contributed by atoms with Crippen LogP contribution in [0.1, 0.15) is 26.2 Å². The molecule has 10 heavy (non-hydrogen) atoms. The molecule has 0 N–H and O–H groups in total. The van der Waals surface area contributed by atoms with Crippen LogP contribution in [0.15, 0.2) is 24.3 Å². The van der Waals surface area contributed by atoms with E-state index < -0.39 is 0 Å². The molecular weight excluding hydrogens is 131 g/mol. The van der Waals surface area contributed by atoms with Crippen LogP contribution in [0.3, 0.4) is 0 Å². The van der Waals surface area contributed by atoms with Gasteiger partial charge in [0.2, 0.25) is 0 Å². The molecule has 0 radical (unpaired) electrons. The number of allylic oxidation sites excluding steroid dienone is 4. The molecule has 0 aromatic heterocycles. The molecule has 0 atom stereocenters. The second-order valence-corrected chi connectivity index (χ2v) is 5.19. The minimum atomic E-state index is 0.524. The summed E-state index contributed by atoms with van der Waals surface area (Å²) in [5.41, 5.74) is 0. The Morgan fingerprint density at radius 3 is 2.40 bits per heavy atom. The fraction of sp³-hybridized carbons (Fsp3) is 0.556. The minimum absolute atomic E-state index is 0.524. The molecule has 1 aliphatic rings. The fourth-order valence-electron chi connectivity index (χ4n) is 1.33. The van der Waals surface area contributed by atoms with Crippen LogP contribution in [0.4, 0.5) is 0 Å². The summed E-state index contributed by atoms with van der Waals surface area (Å²) in [6.45, 7) is 2.26. The first kappa shape index (κ1) is 8.58. The summed E-state index contributed by atoms with van der Waals surface area (Å²) in [7, 11) is 0. The van der Waals surface area contributed by atoms with Crippen LogP contribution in [0.5, 0.6) is 0 Å². The molecule has 0 saturated heterocycles. The van der Waals surface area contributed by atoms with Crippen LogP contribution >= 0.6 is 0 Å². The summed E-state index contributed by atoms with van der Waals surface area (Å²) in [6, 6.07) is 0. The predicted octanol–water partition coefficient (Wildman–Crippen LogP) is 2.63. The Hall–Kier alpha value is 0.480. The molecule has 0 heterocycles. The SMILES string of the molecule is CCCC[C]1([Na])C=CC=C1. The number of rotatable bonds is 3. The van der Waals surface area contributed by atoms with Crippen LogP contribution in [-0.4, -0.2) is 27.9 Å². The third-order valence-electron chi connectivity index (χ3n) is 2.13. The van der Waals surface area contributed by atoms with E-state index in [1.807, 2.05) is 0 Å². The van der Waals surface area contributed by atoms with Crippen LogP contribution in [0.25, 0.3) is 0 Å². The van der Waals surface area contributed by atoms with E-state index in [1.54, 1.807) is 0 Å². The first-order valence-electron chi connectivity index (χ1n) is 4.14. The Kier molecular flexibility index (Phi) is 3.22. The molecule has 0 amide bonds. The average molecular weight is 144 g/mol. The van der Waals surface area contributed by atoms with Crippen LogP contribution in [-0.2, 0) is 0 Å². The maximum absolute atomic E-state index is 2.36. The third kappa shape index (κ3) is 2.26. The van der Waals surface area contributed by atoms with E-state index in [4.69, 9.17) is 0 Å². The normalized spacial score (nSPS) is 20.3. The first-order valence-corrected chi connectivity index (χ1v) is 5.14. The van der Waals surface area contributed by atoms with Crippen LogP contribution in [0, 0.1) is 0 Å². The van der Waals surface area contributed by atoms with Crippen molar-refractivity contribution in [2.75, 3.05) is 0 Å². The van der Waals surface area contributed by atoms with Gasteiger partial charge in [-0.2, -0.15) is 0 Å². The molecule has 0 aromatic rings. The van der Waals surface area contributed by atoms with Gasteiger partial charge in [-0.05, 0) is 0 Å². The van der Waals surface area contributed by atoms with E-state index >= 15 is 0 Å². The van der Waals surface area contributed by atoms with Gasteiger partial charge in [-0.3, -0.25) is 0 Å². The molecule has 0 aromatic carbocycles. The quantitative estimate of drug-likeness (QED) is 0.534. The van der Waals surface area contributed by atoms with Gasteiger partial charge < -0.3 is 0 Å². The van der Waals surface area contributed by atoms with Crippen molar-refractivity contribution in [3.63, 3.8) is 0 Å². The standard InChI is InChI=1S/C9H13.Na/c1-2-3-6-9-7-4-5-8-9;/h4-5,7-8H,2-3,6H2,1H3;. The topological polar surface area (TPSA) is 0 Å². The Morgan fingerprint density at radius 2 is 1.90 bits per heavy atom. The Morgan fingerprint density at radius 1 is 1.30 bits per heavy atom. The fourth-order valence-corrected chi connectivity index (χ4v) is 2.07. The predicted molar refractivity (Wildman–Crippen MR) is 46.3 cm³/mol. The van der Waals surface area contributed by atoms with Crippen molar-refractivity contribution in [3.8, 4) is 0 Å². The second kappa shape index (κ2) is 3.75. The van der Waals surface area contributed by atoms with E-state index in [0.29, 0.717) is 2.66 Å². The third-order valence-corrected chi connectivity index (χ3v) is 3.30. The van der Waals surface area contributed by atoms with Crippen LogP contribution < -0.4 is 0 Å². The van der Waals surface area contributed by atoms with Gasteiger partial charge >= 0.3 is 81.1 Å². The molecule has 0 bridgehead atoms. The zero-order chi connectivity index (χ0) is 7.45. The molecule has 50 valence electrons. The monoisotopic (exact) mass is 144 g/mol. The first-order chi connectivity index (χ1) is 4.77. The molecule has 0 saturated carbocycles. The van der Waals surface area contributed by atoms with E-state index in [1.165, 1.54) is 47.2 Å². The van der Waals surface area contributed by atoms with Gasteiger partial charge in [0.25, 0.3) is 0 Å². The maximum atomic E-state index is 2.36. The zero-order valence-corrected chi connectivity index (χ0v) is 8.93. The Balaban J connectivity index is 2.38. The van der Waals surface area contributed by atoms with E-state index in [0.717, 1.165) is 0 Å². The summed E-state index contributed by atoms with van der Waals surface area (Å²) >= 11 is 1.27. The van der Waals surface area contributed by atoms with Crippen molar-refractivity contribution in [2.45, 2.75) is 28.9 Å². The second-order valence-electron chi connectivity index (χ2n) is 3.33. The molecule has 0 fully saturated rings. The summed E-state index contributed by atoms with van der Waals surface area (Å²) in [4.78, 5) is 0. The van der Waals surface area contributed by atoms with Crippen molar-refractivity contribution >= 4 is 27.9 Å². The molecule has 0 spiro atoms. The molecule has 1 aliphatic carbocycles. The Bertz CT molecular complexity index is 144. The molecular formula is C9H13Na. The Labute approximate surface area is 80.8 Å². The van der Waals surface area contributed by atoms with Crippen LogP contribution in [0.2, 0.25) is 2.66 Å². The zero-order valence-electron chi connectivity index (χ0n) is 6.93. The van der Waals surface area contributed by atoms with Gasteiger partial charge in [-0.15, -0.1) is 0 Å². The molecule has 1 rings (SSSR count). The molecule has 1 heteroatoms. The van der Waals surface area contributed by atoms with Gasteiger partial charge in [-0.25, -0.2) is 0 Å². The summed E-state index contributed by atoms with van der Waals surface area (Å²) in [5, 5.41) is 0. The van der Waals surface area contributed by atoms with Gasteiger partial charge in [0.05, 0.1) is 0 Å². The van der Waals surface area contributed by atoms with E-state index in [-0.39, 0.29) is 0 Å². The van der Waals surface area contributed by atoms with Crippen molar-refractivity contribution < 1.29 is 0 Å². The molecule has 0 aliphatic heterocycles. The summed E-state index contributed by atoms with van der Waals surface area (Å²) in [5.74, 6) is 0. The summed E-state index contributed by atoms with van der Waals surface area (Å²) in [6.07, 6.45) is 13.1. The van der Waals surface area contributed by atoms with E-state index in [2.05, 4.69) is 31.2 Å². The summed E-state index contributed by atoms with van der Waals surface area (Å²) < 4.78 is 0.524. The van der Waals surface area contributed by atoms with Gasteiger partial charge in [0, 0.05) is 0 Å². The van der Waals surface area contributed by atoms with Gasteiger partial charge in [0.15, 0.2) is 0 Å². The van der Waals surface area contributed by atoms with Gasteiger partial charge in [0.1, 0.15) is 0 Å². The average Bonchev–Trinajstić information content (AvgIpc) is 2.33. The molecule has 0 nitrogen and oxygen atoms in total. The van der Waals surface area contributed by atoms with Crippen molar-refractivity contribution in [1.82, 2.24) is 0 Å². The van der Waals surface area contributed by atoms with Crippen molar-refractivity contribution in [3.05, 3.63) is 24.3 Å². The molecule has 0 unspecified atom stereocenters. The van der Waals surface area contributed by atoms with Crippen molar-refractivity contribution in [2.24, 2.45) is 0 Å². The van der Waals surface area contributed by atoms with Crippen molar-refractivity contribution in [1.29, 1.82) is 0 Å². The van der Waals surface area contributed by atoms with Gasteiger partial charge in [-0.1, -0.05) is 0 Å².